The summed E-state index contributed by atoms with van der Waals surface area (Å²) in [7, 11) is 0. The smallest absolute Gasteiger partial charge is 0.416 e. The lowest BCUT2D eigenvalue weighted by Crippen LogP contribution is -2.38. The Bertz CT molecular complexity index is 1600. The van der Waals surface area contributed by atoms with Crippen molar-refractivity contribution in [3.63, 3.8) is 0 Å². The van der Waals surface area contributed by atoms with Crippen molar-refractivity contribution < 1.29 is 27.8 Å². The minimum Gasteiger partial charge on any atom is -0.493 e. The van der Waals surface area contributed by atoms with Crippen LogP contribution < -0.4 is 14.4 Å². The lowest BCUT2D eigenvalue weighted by Gasteiger charge is -2.29. The fourth-order valence-electron chi connectivity index (χ4n) is 4.92. The minimum absolute atomic E-state index is 0.142. The van der Waals surface area contributed by atoms with Gasteiger partial charge in [0.1, 0.15) is 29.3 Å². The van der Waals surface area contributed by atoms with Crippen LogP contribution in [-0.4, -0.2) is 44.5 Å². The van der Waals surface area contributed by atoms with Crippen molar-refractivity contribution in [3.8, 4) is 22.6 Å². The molecule has 6 rings (SSSR count). The van der Waals surface area contributed by atoms with E-state index in [1.165, 1.54) is 21.7 Å². The van der Waals surface area contributed by atoms with Crippen molar-refractivity contribution in [3.05, 3.63) is 65.2 Å². The monoisotopic (exact) mass is 521 g/mol. The molecule has 0 unspecified atom stereocenters. The summed E-state index contributed by atoms with van der Waals surface area (Å²) in [4.78, 5) is 19.0. The number of amides is 1. The van der Waals surface area contributed by atoms with Gasteiger partial charge in [-0.05, 0) is 52.0 Å². The van der Waals surface area contributed by atoms with E-state index in [-0.39, 0.29) is 41.8 Å². The molecule has 0 fully saturated rings. The highest BCUT2D eigenvalue weighted by Crippen LogP contribution is 2.44. The van der Waals surface area contributed by atoms with Crippen LogP contribution in [-0.2, 0) is 11.3 Å². The Morgan fingerprint density at radius 3 is 2.61 bits per heavy atom. The summed E-state index contributed by atoms with van der Waals surface area (Å²) >= 11 is 0. The average Bonchev–Trinajstić information content (AvgIpc) is 3.50. The van der Waals surface area contributed by atoms with Gasteiger partial charge in [0.2, 0.25) is 0 Å². The van der Waals surface area contributed by atoms with E-state index in [0.29, 0.717) is 34.7 Å². The van der Waals surface area contributed by atoms with Crippen LogP contribution in [0.1, 0.15) is 43.5 Å². The second kappa shape index (κ2) is 8.64. The molecule has 0 N–H and O–H groups in total. The van der Waals surface area contributed by atoms with E-state index in [9.17, 15) is 9.18 Å². The fourth-order valence-corrected chi connectivity index (χ4v) is 4.92. The number of halogens is 2. The molecule has 1 aromatic carbocycles. The molecular weight excluding hydrogens is 496 g/mol. The van der Waals surface area contributed by atoms with Crippen LogP contribution in [0, 0.1) is 18.6 Å². The van der Waals surface area contributed by atoms with E-state index in [2.05, 4.69) is 15.2 Å². The van der Waals surface area contributed by atoms with Crippen molar-refractivity contribution in [2.75, 3.05) is 18.1 Å². The number of nitrogens with zero attached hydrogens (tertiary/aromatic N) is 5. The standard InChI is InChI=1S/C27H25F2N5O4/c1-14-7-16(20(29)9-30-14)17-8-22-25(34-13-31-32-24(17)34)33(26(35)38-27(2,3)4)10-18-19(28)5-6-21-23(18)15(11-36-21)12-37-22/h5-9,13,15H,10-12H2,1-4H3/t15-/m1/s1. The molecule has 1 amide bonds. The number of carbonyl (C=O) groups is 1. The molecule has 2 aliphatic heterocycles. The van der Waals surface area contributed by atoms with E-state index in [4.69, 9.17) is 14.2 Å². The first-order chi connectivity index (χ1) is 18.1. The van der Waals surface area contributed by atoms with Crippen LogP contribution in [0.2, 0.25) is 0 Å². The number of hydrogen-bond donors (Lipinski definition) is 0. The molecule has 0 bridgehead atoms. The Kier molecular flexibility index (Phi) is 5.48. The lowest BCUT2D eigenvalue weighted by molar-refractivity contribution is 0.0574. The van der Waals surface area contributed by atoms with Crippen LogP contribution in [0.25, 0.3) is 16.8 Å². The third kappa shape index (κ3) is 3.98. The first-order valence-corrected chi connectivity index (χ1v) is 12.2. The van der Waals surface area contributed by atoms with Gasteiger partial charge in [0, 0.05) is 27.9 Å². The van der Waals surface area contributed by atoms with E-state index < -0.39 is 23.3 Å². The van der Waals surface area contributed by atoms with Crippen molar-refractivity contribution in [2.45, 2.75) is 45.8 Å². The molecule has 38 heavy (non-hydrogen) atoms. The number of carbonyl (C=O) groups excluding carboxylic acids is 1. The summed E-state index contributed by atoms with van der Waals surface area (Å²) < 4.78 is 49.7. The zero-order chi connectivity index (χ0) is 26.8. The number of pyridine rings is 2. The summed E-state index contributed by atoms with van der Waals surface area (Å²) in [6, 6.07) is 6.14. The molecule has 0 saturated carbocycles. The molecule has 9 nitrogen and oxygen atoms in total. The molecular formula is C27H25F2N5O4. The van der Waals surface area contributed by atoms with Gasteiger partial charge in [-0.3, -0.25) is 14.3 Å². The van der Waals surface area contributed by atoms with Crippen LogP contribution in [0.3, 0.4) is 0 Å². The number of hydrogen-bond acceptors (Lipinski definition) is 7. The van der Waals surface area contributed by atoms with Gasteiger partial charge in [-0.25, -0.2) is 13.6 Å². The number of aromatic nitrogens is 4. The largest absolute Gasteiger partial charge is 0.493 e. The molecule has 196 valence electrons. The van der Waals surface area contributed by atoms with Crippen molar-refractivity contribution >= 4 is 17.6 Å². The van der Waals surface area contributed by atoms with Gasteiger partial charge in [0.05, 0.1) is 31.9 Å². The Morgan fingerprint density at radius 2 is 1.84 bits per heavy atom. The Balaban J connectivity index is 1.61. The fraction of sp³-hybridized carbons (Fsp3) is 0.333. The van der Waals surface area contributed by atoms with Gasteiger partial charge in [-0.15, -0.1) is 10.2 Å². The minimum atomic E-state index is -0.830. The van der Waals surface area contributed by atoms with E-state index in [0.717, 1.165) is 6.20 Å². The summed E-state index contributed by atoms with van der Waals surface area (Å²) in [5.74, 6) is -0.240. The zero-order valence-corrected chi connectivity index (χ0v) is 21.3. The molecule has 0 aliphatic carbocycles. The van der Waals surface area contributed by atoms with E-state index in [1.807, 2.05) is 0 Å². The van der Waals surface area contributed by atoms with Crippen molar-refractivity contribution in [1.82, 2.24) is 19.6 Å². The van der Waals surface area contributed by atoms with Crippen LogP contribution in [0.4, 0.5) is 19.4 Å². The van der Waals surface area contributed by atoms with Gasteiger partial charge < -0.3 is 14.2 Å². The Morgan fingerprint density at radius 1 is 1.08 bits per heavy atom. The predicted molar refractivity (Wildman–Crippen MR) is 133 cm³/mol. The van der Waals surface area contributed by atoms with E-state index in [1.54, 1.807) is 45.9 Å². The number of ether oxygens (including phenoxy) is 3. The molecule has 0 saturated heterocycles. The second-order valence-corrected chi connectivity index (χ2v) is 10.4. The van der Waals surface area contributed by atoms with Crippen molar-refractivity contribution in [1.29, 1.82) is 0 Å². The highest BCUT2D eigenvalue weighted by atomic mass is 19.1. The topological polar surface area (TPSA) is 91.1 Å². The predicted octanol–water partition coefficient (Wildman–Crippen LogP) is 5.19. The quantitative estimate of drug-likeness (QED) is 0.341. The van der Waals surface area contributed by atoms with Crippen LogP contribution >= 0.6 is 0 Å². The molecule has 5 heterocycles. The number of rotatable bonds is 1. The second-order valence-electron chi connectivity index (χ2n) is 10.4. The lowest BCUT2D eigenvalue weighted by atomic mass is 9.95. The van der Waals surface area contributed by atoms with Gasteiger partial charge in [0.25, 0.3) is 0 Å². The van der Waals surface area contributed by atoms with Crippen molar-refractivity contribution in [2.24, 2.45) is 0 Å². The molecule has 11 heteroatoms. The number of anilines is 1. The first kappa shape index (κ1) is 24.1. The third-order valence-electron chi connectivity index (χ3n) is 6.53. The number of fused-ring (bicyclic) bond motifs is 3. The van der Waals surface area contributed by atoms with Gasteiger partial charge in [-0.2, -0.15) is 0 Å². The highest BCUT2D eigenvalue weighted by molar-refractivity contribution is 5.92. The average molecular weight is 522 g/mol. The van der Waals surface area contributed by atoms with Gasteiger partial charge >= 0.3 is 6.09 Å². The Labute approximate surface area is 217 Å². The summed E-state index contributed by atoms with van der Waals surface area (Å²) in [6.45, 7) is 7.28. The Hall–Kier alpha value is -4.28. The number of aryl methyl sites for hydroxylation is 1. The maximum absolute atomic E-state index is 15.3. The van der Waals surface area contributed by atoms with Crippen LogP contribution in [0.5, 0.6) is 11.5 Å². The molecule has 2 aliphatic rings. The number of benzene rings is 1. The summed E-state index contributed by atoms with van der Waals surface area (Å²) in [5.41, 5.74) is 1.69. The zero-order valence-electron chi connectivity index (χ0n) is 21.3. The summed E-state index contributed by atoms with van der Waals surface area (Å²) in [5, 5.41) is 8.26. The molecule has 1 atom stereocenters. The van der Waals surface area contributed by atoms with Gasteiger partial charge in [-0.1, -0.05) is 0 Å². The molecule has 4 aromatic rings. The molecule has 0 radical (unpaired) electrons. The van der Waals surface area contributed by atoms with E-state index >= 15 is 4.39 Å². The highest BCUT2D eigenvalue weighted by Gasteiger charge is 2.37. The SMILES string of the molecule is Cc1cc(-c2cc3c(n4cnnc24)N(C(=O)OC(C)(C)C)Cc2c(F)ccc4c2[C@H](CO4)CO3)c(F)cn1. The van der Waals surface area contributed by atoms with Crippen LogP contribution in [0.15, 0.2) is 36.8 Å². The molecule has 3 aromatic heterocycles. The molecule has 0 spiro atoms. The van der Waals surface area contributed by atoms with Gasteiger partial charge in [0.15, 0.2) is 17.2 Å². The maximum Gasteiger partial charge on any atom is 0.416 e. The third-order valence-corrected chi connectivity index (χ3v) is 6.53. The first-order valence-electron chi connectivity index (χ1n) is 12.2. The maximum atomic E-state index is 15.3. The normalized spacial score (nSPS) is 16.6. The summed E-state index contributed by atoms with van der Waals surface area (Å²) in [6.07, 6.45) is 1.83.